The molecule has 0 saturated carbocycles. The second kappa shape index (κ2) is 6.90. The highest BCUT2D eigenvalue weighted by molar-refractivity contribution is 7.18. The number of aromatic nitrogens is 2. The zero-order valence-electron chi connectivity index (χ0n) is 15.8. The average molecular weight is 418 g/mol. The highest BCUT2D eigenvalue weighted by Crippen LogP contribution is 2.33. The Labute approximate surface area is 170 Å². The van der Waals surface area contributed by atoms with E-state index < -0.39 is 5.69 Å². The van der Waals surface area contributed by atoms with Gasteiger partial charge in [-0.2, -0.15) is 0 Å². The fourth-order valence-electron chi connectivity index (χ4n) is 3.70. The molecule has 3 aromatic rings. The maximum absolute atomic E-state index is 13.0. The van der Waals surface area contributed by atoms with Gasteiger partial charge in [-0.1, -0.05) is 23.2 Å². The number of aromatic amines is 1. The number of aryl methyl sites for hydroxylation is 1. The summed E-state index contributed by atoms with van der Waals surface area (Å²) >= 11 is 7.61. The molecule has 0 saturated heterocycles. The Morgan fingerprint density at radius 1 is 1.29 bits per heavy atom. The first-order chi connectivity index (χ1) is 13.3. The predicted octanol–water partition coefficient (Wildman–Crippen LogP) is 3.49. The van der Waals surface area contributed by atoms with Crippen LogP contribution in [0.3, 0.4) is 0 Å². The number of hydrogen-bond donors (Lipinski definition) is 1. The van der Waals surface area contributed by atoms with Crippen LogP contribution in [-0.2, 0) is 13.0 Å². The van der Waals surface area contributed by atoms with Crippen LogP contribution in [0.5, 0.6) is 0 Å². The maximum atomic E-state index is 13.0. The van der Waals surface area contributed by atoms with Crippen LogP contribution in [0.2, 0.25) is 5.02 Å². The van der Waals surface area contributed by atoms with E-state index in [4.69, 9.17) is 11.6 Å². The van der Waals surface area contributed by atoms with E-state index >= 15 is 0 Å². The Morgan fingerprint density at radius 2 is 2.04 bits per heavy atom. The molecule has 0 aliphatic carbocycles. The summed E-state index contributed by atoms with van der Waals surface area (Å²) in [5.41, 5.74) is 1.74. The molecule has 0 bridgehead atoms. The summed E-state index contributed by atoms with van der Waals surface area (Å²) in [5.74, 6) is -0.120. The van der Waals surface area contributed by atoms with Gasteiger partial charge in [-0.3, -0.25) is 19.1 Å². The molecular formula is C20H20ClN3O3S. The number of nitrogens with one attached hydrogen (secondary N) is 1. The highest BCUT2D eigenvalue weighted by Gasteiger charge is 2.28. The van der Waals surface area contributed by atoms with Crippen LogP contribution in [0, 0.1) is 6.92 Å². The second-order valence-electron chi connectivity index (χ2n) is 7.37. The van der Waals surface area contributed by atoms with Crippen LogP contribution >= 0.6 is 22.9 Å². The third-order valence-electron chi connectivity index (χ3n) is 5.08. The van der Waals surface area contributed by atoms with Gasteiger partial charge < -0.3 is 4.90 Å². The van der Waals surface area contributed by atoms with Crippen molar-refractivity contribution in [2.24, 2.45) is 0 Å². The molecule has 0 radical (unpaired) electrons. The molecule has 146 valence electrons. The monoisotopic (exact) mass is 417 g/mol. The van der Waals surface area contributed by atoms with E-state index in [0.717, 1.165) is 16.0 Å². The van der Waals surface area contributed by atoms with Gasteiger partial charge in [0, 0.05) is 17.5 Å². The molecule has 0 spiro atoms. The summed E-state index contributed by atoms with van der Waals surface area (Å²) in [6.07, 6.45) is 0.573. The van der Waals surface area contributed by atoms with Crippen LogP contribution in [0.4, 0.5) is 0 Å². The maximum Gasteiger partial charge on any atom is 0.329 e. The van der Waals surface area contributed by atoms with Gasteiger partial charge >= 0.3 is 5.69 Å². The van der Waals surface area contributed by atoms with Crippen LogP contribution < -0.4 is 11.2 Å². The number of halogens is 1. The molecule has 1 aromatic carbocycles. The molecule has 0 unspecified atom stereocenters. The zero-order valence-corrected chi connectivity index (χ0v) is 17.4. The minimum Gasteiger partial charge on any atom is -0.333 e. The van der Waals surface area contributed by atoms with Crippen molar-refractivity contribution in [1.82, 2.24) is 14.5 Å². The highest BCUT2D eigenvalue weighted by atomic mass is 35.5. The number of rotatable bonds is 2. The normalized spacial score (nSPS) is 14.0. The lowest BCUT2D eigenvalue weighted by Gasteiger charge is -2.27. The van der Waals surface area contributed by atoms with Crippen molar-refractivity contribution in [3.63, 3.8) is 0 Å². The number of fused-ring (bicyclic) bond motifs is 3. The van der Waals surface area contributed by atoms with E-state index in [9.17, 15) is 14.4 Å². The Bertz CT molecular complexity index is 1220. The topological polar surface area (TPSA) is 75.2 Å². The van der Waals surface area contributed by atoms with E-state index in [0.29, 0.717) is 40.3 Å². The van der Waals surface area contributed by atoms with E-state index in [2.05, 4.69) is 4.98 Å². The van der Waals surface area contributed by atoms with E-state index in [1.807, 2.05) is 26.8 Å². The number of hydrogen-bond acceptors (Lipinski definition) is 4. The lowest BCUT2D eigenvalue weighted by molar-refractivity contribution is 0.0737. The molecule has 8 heteroatoms. The van der Waals surface area contributed by atoms with Crippen LogP contribution in [0.1, 0.15) is 46.3 Å². The summed E-state index contributed by atoms with van der Waals surface area (Å²) in [7, 11) is 0. The van der Waals surface area contributed by atoms with Crippen molar-refractivity contribution >= 4 is 39.1 Å². The Morgan fingerprint density at radius 3 is 2.75 bits per heavy atom. The van der Waals surface area contributed by atoms with E-state index in [1.165, 1.54) is 15.9 Å². The number of carbonyl (C=O) groups excluding carboxylic acids is 1. The molecule has 1 N–H and O–H groups in total. The smallest absolute Gasteiger partial charge is 0.329 e. The van der Waals surface area contributed by atoms with Gasteiger partial charge in [-0.05, 0) is 44.9 Å². The SMILES string of the molecule is Cc1ccc(Cl)c(C(=O)N2CCc3c(sc4[nH]c(=O)n(C(C)C)c(=O)c34)C2)c1. The Balaban J connectivity index is 1.75. The molecule has 1 aliphatic heterocycles. The standard InChI is InChI=1S/C20H20ClN3O3S/c1-10(2)24-19(26)16-12-6-7-23(9-15(12)28-17(16)22-20(24)27)18(25)13-8-11(3)4-5-14(13)21/h4-5,8,10H,6-7,9H2,1-3H3,(H,22,27). The zero-order chi connectivity index (χ0) is 20.2. The molecule has 0 fully saturated rings. The fraction of sp³-hybridized carbons (Fsp3) is 0.350. The molecule has 6 nitrogen and oxygen atoms in total. The first-order valence-electron chi connectivity index (χ1n) is 9.12. The Kier molecular flexibility index (Phi) is 4.67. The van der Waals surface area contributed by atoms with Gasteiger partial charge in [-0.15, -0.1) is 11.3 Å². The van der Waals surface area contributed by atoms with Crippen LogP contribution in [-0.4, -0.2) is 26.9 Å². The molecule has 1 aliphatic rings. The first kappa shape index (κ1) is 19.0. The second-order valence-corrected chi connectivity index (χ2v) is 8.88. The minimum absolute atomic E-state index is 0.120. The fourth-order valence-corrected chi connectivity index (χ4v) is 5.15. The van der Waals surface area contributed by atoms with Crippen molar-refractivity contribution in [3.05, 3.63) is 65.6 Å². The van der Waals surface area contributed by atoms with Crippen molar-refractivity contribution in [2.45, 2.75) is 39.8 Å². The molecule has 0 atom stereocenters. The van der Waals surface area contributed by atoms with Crippen molar-refractivity contribution in [2.75, 3.05) is 6.54 Å². The molecule has 1 amide bonds. The number of benzene rings is 1. The molecular weight excluding hydrogens is 398 g/mol. The lowest BCUT2D eigenvalue weighted by Crippen LogP contribution is -2.37. The third kappa shape index (κ3) is 2.99. The molecule has 2 aromatic heterocycles. The number of carbonyl (C=O) groups is 1. The van der Waals surface area contributed by atoms with E-state index in [-0.39, 0.29) is 17.5 Å². The molecule has 28 heavy (non-hydrogen) atoms. The minimum atomic E-state index is -0.398. The summed E-state index contributed by atoms with van der Waals surface area (Å²) < 4.78 is 1.25. The van der Waals surface area contributed by atoms with Gasteiger partial charge in [-0.25, -0.2) is 4.79 Å². The van der Waals surface area contributed by atoms with Gasteiger partial charge in [0.05, 0.1) is 22.5 Å². The van der Waals surface area contributed by atoms with Gasteiger partial charge in [0.1, 0.15) is 4.83 Å². The van der Waals surface area contributed by atoms with Crippen molar-refractivity contribution < 1.29 is 4.79 Å². The third-order valence-corrected chi connectivity index (χ3v) is 6.55. The quantitative estimate of drug-likeness (QED) is 0.693. The molecule has 4 rings (SSSR count). The average Bonchev–Trinajstić information content (AvgIpc) is 3.00. The number of nitrogens with zero attached hydrogens (tertiary/aromatic N) is 2. The number of H-pyrrole nitrogens is 1. The summed E-state index contributed by atoms with van der Waals surface area (Å²) in [6.45, 7) is 6.45. The Hall–Kier alpha value is -2.38. The predicted molar refractivity (Wildman–Crippen MR) is 112 cm³/mol. The largest absolute Gasteiger partial charge is 0.333 e. The van der Waals surface area contributed by atoms with Gasteiger partial charge in [0.2, 0.25) is 0 Å². The van der Waals surface area contributed by atoms with Gasteiger partial charge in [0.25, 0.3) is 11.5 Å². The lowest BCUT2D eigenvalue weighted by atomic mass is 10.0. The van der Waals surface area contributed by atoms with Crippen LogP contribution in [0.25, 0.3) is 10.2 Å². The van der Waals surface area contributed by atoms with E-state index in [1.54, 1.807) is 17.0 Å². The van der Waals surface area contributed by atoms with Crippen molar-refractivity contribution in [1.29, 1.82) is 0 Å². The number of amides is 1. The first-order valence-corrected chi connectivity index (χ1v) is 10.3. The summed E-state index contributed by atoms with van der Waals surface area (Å²) in [5, 5.41) is 1.01. The van der Waals surface area contributed by atoms with Gasteiger partial charge in [0.15, 0.2) is 0 Å². The van der Waals surface area contributed by atoms with Crippen molar-refractivity contribution in [3.8, 4) is 0 Å². The number of thiophene rings is 1. The van der Waals surface area contributed by atoms with Crippen LogP contribution in [0.15, 0.2) is 27.8 Å². The summed E-state index contributed by atoms with van der Waals surface area (Å²) in [6, 6.07) is 5.18. The molecule has 3 heterocycles. The summed E-state index contributed by atoms with van der Waals surface area (Å²) in [4.78, 5) is 44.2.